The SMILES string of the molecule is CC(=O)c1ccc(-c2ccc(C(=O)N3CCC(F)CC3)cc2)nc1. The Labute approximate surface area is 140 Å². The predicted molar refractivity (Wildman–Crippen MR) is 89.7 cm³/mol. The van der Waals surface area contributed by atoms with E-state index in [0.717, 1.165) is 11.3 Å². The van der Waals surface area contributed by atoms with Crippen LogP contribution in [0.5, 0.6) is 0 Å². The van der Waals surface area contributed by atoms with E-state index in [1.807, 2.05) is 12.1 Å². The molecule has 0 saturated carbocycles. The summed E-state index contributed by atoms with van der Waals surface area (Å²) < 4.78 is 13.2. The van der Waals surface area contributed by atoms with Gasteiger partial charge in [0, 0.05) is 36.0 Å². The van der Waals surface area contributed by atoms with Gasteiger partial charge in [-0.3, -0.25) is 14.6 Å². The van der Waals surface area contributed by atoms with Gasteiger partial charge in [-0.05, 0) is 44.0 Å². The molecule has 3 rings (SSSR count). The molecule has 124 valence electrons. The number of hydrogen-bond donors (Lipinski definition) is 0. The quantitative estimate of drug-likeness (QED) is 0.811. The summed E-state index contributed by atoms with van der Waals surface area (Å²) >= 11 is 0. The fourth-order valence-corrected chi connectivity index (χ4v) is 2.79. The normalized spacial score (nSPS) is 15.3. The predicted octanol–water partition coefficient (Wildman–Crippen LogP) is 3.53. The highest BCUT2D eigenvalue weighted by atomic mass is 19.1. The van der Waals surface area contributed by atoms with Crippen molar-refractivity contribution < 1.29 is 14.0 Å². The van der Waals surface area contributed by atoms with E-state index in [-0.39, 0.29) is 11.7 Å². The maximum atomic E-state index is 13.2. The lowest BCUT2D eigenvalue weighted by molar-refractivity contribution is 0.0667. The zero-order valence-corrected chi connectivity index (χ0v) is 13.5. The molecule has 24 heavy (non-hydrogen) atoms. The molecule has 0 radical (unpaired) electrons. The highest BCUT2D eigenvalue weighted by Crippen LogP contribution is 2.20. The number of nitrogens with zero attached hydrogens (tertiary/aromatic N) is 2. The van der Waals surface area contributed by atoms with E-state index >= 15 is 0 Å². The van der Waals surface area contributed by atoms with Crippen molar-refractivity contribution >= 4 is 11.7 Å². The number of Topliss-reactive ketones (excluding diaryl/α,β-unsaturated/α-hetero) is 1. The summed E-state index contributed by atoms with van der Waals surface area (Å²) in [7, 11) is 0. The fourth-order valence-electron chi connectivity index (χ4n) is 2.79. The number of rotatable bonds is 3. The number of benzene rings is 1. The van der Waals surface area contributed by atoms with E-state index in [4.69, 9.17) is 0 Å². The average Bonchev–Trinajstić information content (AvgIpc) is 2.62. The first-order valence-electron chi connectivity index (χ1n) is 8.05. The number of alkyl halides is 1. The topological polar surface area (TPSA) is 50.3 Å². The minimum atomic E-state index is -0.791. The first-order chi connectivity index (χ1) is 11.5. The molecule has 1 aliphatic rings. The third-order valence-corrected chi connectivity index (χ3v) is 4.31. The standard InChI is InChI=1S/C19H19FN2O2/c1-13(23)16-6-7-18(21-12-16)14-2-4-15(5-3-14)19(24)22-10-8-17(20)9-11-22/h2-7,12,17H,8-11H2,1H3. The van der Waals surface area contributed by atoms with Gasteiger partial charge in [-0.25, -0.2) is 4.39 Å². The molecular formula is C19H19FN2O2. The van der Waals surface area contributed by atoms with Crippen molar-refractivity contribution in [3.63, 3.8) is 0 Å². The summed E-state index contributed by atoms with van der Waals surface area (Å²) in [6, 6.07) is 10.7. The smallest absolute Gasteiger partial charge is 0.253 e. The van der Waals surface area contributed by atoms with Crippen molar-refractivity contribution in [3.8, 4) is 11.3 Å². The molecular weight excluding hydrogens is 307 g/mol. The summed E-state index contributed by atoms with van der Waals surface area (Å²) in [4.78, 5) is 29.7. The van der Waals surface area contributed by atoms with E-state index in [0.29, 0.717) is 37.1 Å². The number of halogens is 1. The maximum absolute atomic E-state index is 13.2. The highest BCUT2D eigenvalue weighted by molar-refractivity contribution is 5.95. The van der Waals surface area contributed by atoms with Gasteiger partial charge >= 0.3 is 0 Å². The van der Waals surface area contributed by atoms with E-state index in [2.05, 4.69) is 4.98 Å². The molecule has 0 spiro atoms. The number of pyridine rings is 1. The molecule has 5 heteroatoms. The Hall–Kier alpha value is -2.56. The third-order valence-electron chi connectivity index (χ3n) is 4.31. The number of aromatic nitrogens is 1. The van der Waals surface area contributed by atoms with Crippen molar-refractivity contribution in [2.24, 2.45) is 0 Å². The van der Waals surface area contributed by atoms with Crippen molar-refractivity contribution in [2.45, 2.75) is 25.9 Å². The van der Waals surface area contributed by atoms with Crippen LogP contribution >= 0.6 is 0 Å². The number of amides is 1. The summed E-state index contributed by atoms with van der Waals surface area (Å²) in [5, 5.41) is 0. The molecule has 2 heterocycles. The molecule has 1 aliphatic heterocycles. The van der Waals surface area contributed by atoms with Gasteiger partial charge < -0.3 is 4.90 Å². The van der Waals surface area contributed by atoms with Crippen molar-refractivity contribution in [3.05, 3.63) is 53.7 Å². The van der Waals surface area contributed by atoms with Gasteiger partial charge in [0.1, 0.15) is 6.17 Å². The molecule has 0 aliphatic carbocycles. The Kier molecular flexibility index (Phi) is 4.69. The summed E-state index contributed by atoms with van der Waals surface area (Å²) in [6.07, 6.45) is 1.59. The summed E-state index contributed by atoms with van der Waals surface area (Å²) in [5.74, 6) is -0.0830. The van der Waals surface area contributed by atoms with E-state index in [1.165, 1.54) is 6.92 Å². The summed E-state index contributed by atoms with van der Waals surface area (Å²) in [6.45, 7) is 2.44. The number of ketones is 1. The Morgan fingerprint density at radius 3 is 2.21 bits per heavy atom. The average molecular weight is 326 g/mol. The van der Waals surface area contributed by atoms with E-state index in [9.17, 15) is 14.0 Å². The Bertz CT molecular complexity index is 733. The van der Waals surface area contributed by atoms with Gasteiger partial charge in [-0.15, -0.1) is 0 Å². The van der Waals surface area contributed by atoms with E-state index < -0.39 is 6.17 Å². The van der Waals surface area contributed by atoms with Crippen LogP contribution in [-0.2, 0) is 0 Å². The lowest BCUT2D eigenvalue weighted by Gasteiger charge is -2.28. The van der Waals surface area contributed by atoms with Crippen LogP contribution < -0.4 is 0 Å². The van der Waals surface area contributed by atoms with Gasteiger partial charge in [0.05, 0.1) is 5.69 Å². The van der Waals surface area contributed by atoms with Crippen LogP contribution in [0.15, 0.2) is 42.6 Å². The molecule has 0 unspecified atom stereocenters. The van der Waals surface area contributed by atoms with Crippen LogP contribution in [0, 0.1) is 0 Å². The molecule has 1 amide bonds. The monoisotopic (exact) mass is 326 g/mol. The van der Waals surface area contributed by atoms with Crippen molar-refractivity contribution in [1.29, 1.82) is 0 Å². The summed E-state index contributed by atoms with van der Waals surface area (Å²) in [5.41, 5.74) is 2.79. The number of piperidine rings is 1. The van der Waals surface area contributed by atoms with Crippen LogP contribution in [0.2, 0.25) is 0 Å². The van der Waals surface area contributed by atoms with Crippen molar-refractivity contribution in [1.82, 2.24) is 9.88 Å². The Morgan fingerprint density at radius 2 is 1.67 bits per heavy atom. The molecule has 2 aromatic rings. The minimum absolute atomic E-state index is 0.0213. The third kappa shape index (κ3) is 3.50. The van der Waals surface area contributed by atoms with Gasteiger partial charge in [-0.2, -0.15) is 0 Å². The van der Waals surface area contributed by atoms with Gasteiger partial charge in [0.2, 0.25) is 0 Å². The molecule has 0 N–H and O–H groups in total. The molecule has 0 bridgehead atoms. The van der Waals surface area contributed by atoms with Crippen LogP contribution in [0.3, 0.4) is 0 Å². The van der Waals surface area contributed by atoms with Gasteiger partial charge in [-0.1, -0.05) is 12.1 Å². The number of carbonyl (C=O) groups is 2. The van der Waals surface area contributed by atoms with Crippen LogP contribution in [-0.4, -0.2) is 40.8 Å². The fraction of sp³-hybridized carbons (Fsp3) is 0.316. The largest absolute Gasteiger partial charge is 0.338 e. The lowest BCUT2D eigenvalue weighted by Crippen LogP contribution is -2.39. The second-order valence-corrected chi connectivity index (χ2v) is 6.03. The molecule has 1 aromatic carbocycles. The van der Waals surface area contributed by atoms with Gasteiger partial charge in [0.15, 0.2) is 5.78 Å². The molecule has 4 nitrogen and oxygen atoms in total. The zero-order valence-electron chi connectivity index (χ0n) is 13.5. The van der Waals surface area contributed by atoms with Crippen LogP contribution in [0.4, 0.5) is 4.39 Å². The Morgan fingerprint density at radius 1 is 1.04 bits per heavy atom. The number of carbonyl (C=O) groups excluding carboxylic acids is 2. The van der Waals surface area contributed by atoms with Crippen LogP contribution in [0.25, 0.3) is 11.3 Å². The second-order valence-electron chi connectivity index (χ2n) is 6.03. The first kappa shape index (κ1) is 16.3. The number of likely N-dealkylation sites (tertiary alicyclic amines) is 1. The molecule has 0 atom stereocenters. The first-order valence-corrected chi connectivity index (χ1v) is 8.05. The van der Waals surface area contributed by atoms with Crippen LogP contribution in [0.1, 0.15) is 40.5 Å². The Balaban J connectivity index is 1.73. The molecule has 1 fully saturated rings. The second kappa shape index (κ2) is 6.91. The highest BCUT2D eigenvalue weighted by Gasteiger charge is 2.23. The van der Waals surface area contributed by atoms with Crippen molar-refractivity contribution in [2.75, 3.05) is 13.1 Å². The minimum Gasteiger partial charge on any atom is -0.338 e. The lowest BCUT2D eigenvalue weighted by atomic mass is 10.0. The molecule has 1 aromatic heterocycles. The zero-order chi connectivity index (χ0) is 17.1. The molecule has 1 saturated heterocycles. The maximum Gasteiger partial charge on any atom is 0.253 e. The van der Waals surface area contributed by atoms with E-state index in [1.54, 1.807) is 35.4 Å². The van der Waals surface area contributed by atoms with Gasteiger partial charge in [0.25, 0.3) is 5.91 Å². The number of hydrogen-bond acceptors (Lipinski definition) is 3.